The zero-order valence-corrected chi connectivity index (χ0v) is 23.6. The van der Waals surface area contributed by atoms with Gasteiger partial charge in [-0.25, -0.2) is 0 Å². The number of ether oxygens (including phenoxy) is 1. The monoisotopic (exact) mass is 551 g/mol. The first-order valence-corrected chi connectivity index (χ1v) is 16.2. The lowest BCUT2D eigenvalue weighted by Gasteiger charge is -2.31. The number of anilines is 2. The molecular formula is C28H34FN5O4Si. The van der Waals surface area contributed by atoms with Crippen LogP contribution in [0.5, 0.6) is 0 Å². The van der Waals surface area contributed by atoms with Gasteiger partial charge in [0.05, 0.1) is 17.5 Å². The number of rotatable bonds is 8. The Hall–Kier alpha value is -3.41. The summed E-state index contributed by atoms with van der Waals surface area (Å²) in [5.74, 6) is -0.913. The second-order valence-corrected chi connectivity index (χ2v) is 14.7. The van der Waals surface area contributed by atoms with Crippen molar-refractivity contribution in [2.24, 2.45) is 5.92 Å². The molecule has 0 radical (unpaired) electrons. The molecular weight excluding hydrogens is 517 g/mol. The van der Waals surface area contributed by atoms with E-state index in [9.17, 15) is 9.59 Å². The molecule has 2 aliphatic heterocycles. The fraction of sp³-hybridized carbons (Fsp3) is 0.429. The summed E-state index contributed by atoms with van der Waals surface area (Å²) in [6, 6.07) is 14.3. The van der Waals surface area contributed by atoms with E-state index in [0.29, 0.717) is 47.6 Å². The normalized spacial score (nSPS) is 24.4. The van der Waals surface area contributed by atoms with E-state index in [1.165, 1.54) is 0 Å². The summed E-state index contributed by atoms with van der Waals surface area (Å²) in [5.41, 5.74) is 1.27. The van der Waals surface area contributed by atoms with Crippen molar-refractivity contribution in [1.29, 1.82) is 0 Å². The third-order valence-electron chi connectivity index (χ3n) is 7.98. The highest BCUT2D eigenvalue weighted by atomic mass is 28.4. The average Bonchev–Trinajstić information content (AvgIpc) is 3.54. The number of halogens is 1. The highest BCUT2D eigenvalue weighted by molar-refractivity contribution is 6.72. The van der Waals surface area contributed by atoms with Gasteiger partial charge in [0.15, 0.2) is 5.60 Å². The molecule has 0 unspecified atom stereocenters. The fourth-order valence-corrected chi connectivity index (χ4v) is 8.77. The van der Waals surface area contributed by atoms with Crippen LogP contribution in [0.4, 0.5) is 15.5 Å². The molecule has 3 heterocycles. The second-order valence-electron chi connectivity index (χ2n) is 10.9. The van der Waals surface area contributed by atoms with Crippen molar-refractivity contribution in [3.8, 4) is 0 Å². The molecule has 2 aliphatic rings. The molecule has 206 valence electrons. The lowest BCUT2D eigenvalue weighted by Crippen LogP contribution is -2.44. The van der Waals surface area contributed by atoms with Crippen LogP contribution in [0.1, 0.15) is 35.0 Å². The lowest BCUT2D eigenvalue weighted by molar-refractivity contribution is -0.145. The van der Waals surface area contributed by atoms with Crippen LogP contribution in [0.3, 0.4) is 0 Å². The SMILES string of the molecule is C[C@@H]1[C@@H]([Si](C)(C)F)[C@H](CCn2cc(CCO)nn2)O[C@@]12C(=O)N(C)c1ccc(NC(=O)c3ccccc3)cc12. The van der Waals surface area contributed by atoms with Crippen molar-refractivity contribution >= 4 is 31.6 Å². The van der Waals surface area contributed by atoms with Gasteiger partial charge >= 0.3 is 0 Å². The first-order valence-electron chi connectivity index (χ1n) is 13.2. The van der Waals surface area contributed by atoms with Gasteiger partial charge in [-0.05, 0) is 49.8 Å². The van der Waals surface area contributed by atoms with E-state index in [-0.39, 0.29) is 18.4 Å². The van der Waals surface area contributed by atoms with Gasteiger partial charge in [-0.2, -0.15) is 0 Å². The van der Waals surface area contributed by atoms with Crippen LogP contribution in [0.2, 0.25) is 18.6 Å². The highest BCUT2D eigenvalue weighted by Crippen LogP contribution is 2.60. The molecule has 1 aromatic heterocycles. The van der Waals surface area contributed by atoms with E-state index in [1.807, 2.05) is 13.0 Å². The van der Waals surface area contributed by atoms with Gasteiger partial charge in [-0.1, -0.05) is 30.3 Å². The Morgan fingerprint density at radius 2 is 1.97 bits per heavy atom. The average molecular weight is 552 g/mol. The number of nitrogens with zero attached hydrogens (tertiary/aromatic N) is 4. The zero-order chi connectivity index (χ0) is 27.9. The fourth-order valence-electron chi connectivity index (χ4n) is 6.23. The molecule has 3 aromatic rings. The van der Waals surface area contributed by atoms with Crippen molar-refractivity contribution < 1.29 is 23.5 Å². The number of carbonyl (C=O) groups excluding carboxylic acids is 2. The van der Waals surface area contributed by atoms with Gasteiger partial charge in [-0.15, -0.1) is 5.10 Å². The van der Waals surface area contributed by atoms with Crippen LogP contribution in [-0.2, 0) is 28.1 Å². The number of benzene rings is 2. The number of aryl methyl sites for hydroxylation is 1. The molecule has 1 spiro atoms. The third kappa shape index (κ3) is 4.79. The van der Waals surface area contributed by atoms with Crippen LogP contribution in [0.25, 0.3) is 0 Å². The number of aliphatic hydroxyl groups is 1. The summed E-state index contributed by atoms with van der Waals surface area (Å²) >= 11 is 0. The summed E-state index contributed by atoms with van der Waals surface area (Å²) in [7, 11) is -1.59. The Morgan fingerprint density at radius 3 is 2.67 bits per heavy atom. The molecule has 2 N–H and O–H groups in total. The van der Waals surface area contributed by atoms with E-state index < -0.39 is 31.6 Å². The lowest BCUT2D eigenvalue weighted by atomic mass is 9.82. The summed E-state index contributed by atoms with van der Waals surface area (Å²) in [6.45, 7) is 5.66. The molecule has 4 atom stereocenters. The van der Waals surface area contributed by atoms with Gasteiger partial charge in [0.25, 0.3) is 11.8 Å². The van der Waals surface area contributed by atoms with Crippen molar-refractivity contribution in [1.82, 2.24) is 15.0 Å². The first kappa shape index (κ1) is 27.2. The maximum atomic E-state index is 15.9. The van der Waals surface area contributed by atoms with Crippen molar-refractivity contribution in [3.63, 3.8) is 0 Å². The van der Waals surface area contributed by atoms with Crippen LogP contribution < -0.4 is 10.2 Å². The Balaban J connectivity index is 1.47. The Bertz CT molecular complexity index is 1380. The number of carbonyl (C=O) groups is 2. The minimum atomic E-state index is -3.29. The number of likely N-dealkylation sites (N-methyl/N-ethyl adjacent to an activating group) is 1. The summed E-state index contributed by atoms with van der Waals surface area (Å²) in [5, 5.41) is 20.3. The third-order valence-corrected chi connectivity index (χ3v) is 10.4. The number of aromatic nitrogens is 3. The number of nitrogens with one attached hydrogen (secondary N) is 1. The number of hydrogen-bond acceptors (Lipinski definition) is 6. The molecule has 5 rings (SSSR count). The number of aliphatic hydroxyl groups excluding tert-OH is 1. The molecule has 1 fully saturated rings. The van der Waals surface area contributed by atoms with E-state index in [1.54, 1.807) is 78.4 Å². The quantitative estimate of drug-likeness (QED) is 0.325. The van der Waals surface area contributed by atoms with E-state index in [0.717, 1.165) is 0 Å². The molecule has 0 saturated carbocycles. The topological polar surface area (TPSA) is 110 Å². The Labute approximate surface area is 228 Å². The van der Waals surface area contributed by atoms with Gasteiger partial charge in [0.1, 0.15) is 0 Å². The molecule has 0 bridgehead atoms. The smallest absolute Gasteiger partial charge is 0.264 e. The van der Waals surface area contributed by atoms with Gasteiger partial charge < -0.3 is 24.2 Å². The summed E-state index contributed by atoms with van der Waals surface area (Å²) in [4.78, 5) is 28.3. The largest absolute Gasteiger partial charge is 0.396 e. The van der Waals surface area contributed by atoms with Crippen LogP contribution >= 0.6 is 0 Å². The molecule has 2 amide bonds. The van der Waals surface area contributed by atoms with Crippen molar-refractivity contribution in [2.45, 2.75) is 56.7 Å². The summed E-state index contributed by atoms with van der Waals surface area (Å²) < 4.78 is 24.3. The molecule has 39 heavy (non-hydrogen) atoms. The standard InChI is InChI=1S/C28H34FN5O4Si/c1-18-25(39(3,4)29)24(12-14-34-17-21(13-15-35)31-32-34)38-28(18)22-16-20(10-11-23(22)33(2)27(28)37)30-26(36)19-8-6-5-7-9-19/h5-11,16-18,24-25,35H,12-15H2,1-4H3,(H,30,36)/t18-,24+,25-,28+/m1/s1. The Morgan fingerprint density at radius 1 is 1.23 bits per heavy atom. The summed E-state index contributed by atoms with van der Waals surface area (Å²) in [6.07, 6.45) is 2.12. The van der Waals surface area contributed by atoms with Gasteiger partial charge in [-0.3, -0.25) is 14.3 Å². The molecule has 0 aliphatic carbocycles. The minimum Gasteiger partial charge on any atom is -0.396 e. The number of hydrogen-bond donors (Lipinski definition) is 2. The van der Waals surface area contributed by atoms with Crippen LogP contribution in [0, 0.1) is 5.92 Å². The second kappa shape index (κ2) is 10.3. The number of amides is 2. The molecule has 1 saturated heterocycles. The predicted molar refractivity (Wildman–Crippen MR) is 148 cm³/mol. The Kier molecular flexibility index (Phi) is 7.17. The van der Waals surface area contributed by atoms with Gasteiger partial charge in [0, 0.05) is 61.1 Å². The molecule has 2 aromatic carbocycles. The minimum absolute atomic E-state index is 0.0169. The van der Waals surface area contributed by atoms with Crippen LogP contribution in [0.15, 0.2) is 54.7 Å². The van der Waals surface area contributed by atoms with Gasteiger partial charge in [0.2, 0.25) is 8.41 Å². The van der Waals surface area contributed by atoms with Crippen LogP contribution in [-0.4, -0.2) is 60.1 Å². The van der Waals surface area contributed by atoms with E-state index in [4.69, 9.17) is 9.84 Å². The molecule has 9 nitrogen and oxygen atoms in total. The maximum Gasteiger partial charge on any atom is 0.264 e. The van der Waals surface area contributed by atoms with E-state index in [2.05, 4.69) is 15.6 Å². The van der Waals surface area contributed by atoms with Crippen molar-refractivity contribution in [3.05, 3.63) is 71.5 Å². The molecule has 11 heteroatoms. The number of fused-ring (bicyclic) bond motifs is 2. The van der Waals surface area contributed by atoms with Crippen molar-refractivity contribution in [2.75, 3.05) is 23.9 Å². The van der Waals surface area contributed by atoms with E-state index >= 15 is 4.11 Å². The highest BCUT2D eigenvalue weighted by Gasteiger charge is 2.66. The maximum absolute atomic E-state index is 15.9. The zero-order valence-electron chi connectivity index (χ0n) is 22.6. The predicted octanol–water partition coefficient (Wildman–Crippen LogP) is 3.91. The first-order chi connectivity index (χ1) is 18.6.